The van der Waals surface area contributed by atoms with Crippen LogP contribution in [0.5, 0.6) is 0 Å². The van der Waals surface area contributed by atoms with Crippen molar-refractivity contribution in [3.63, 3.8) is 0 Å². The van der Waals surface area contributed by atoms with Gasteiger partial charge in [0.15, 0.2) is 0 Å². The van der Waals surface area contributed by atoms with Gasteiger partial charge in [-0.15, -0.1) is 0 Å². The Morgan fingerprint density at radius 2 is 2.04 bits per heavy atom. The Morgan fingerprint density at radius 1 is 1.22 bits per heavy atom. The fourth-order valence-electron chi connectivity index (χ4n) is 2.04. The third-order valence-electron chi connectivity index (χ3n) is 3.24. The van der Waals surface area contributed by atoms with Crippen LogP contribution in [0.15, 0.2) is 64.9 Å². The summed E-state index contributed by atoms with van der Waals surface area (Å²) in [6.45, 7) is 0.963. The molecule has 1 aromatic carbocycles. The molecule has 0 bridgehead atoms. The Bertz CT molecular complexity index is 670. The van der Waals surface area contributed by atoms with E-state index in [0.29, 0.717) is 12.3 Å². The number of hydrogen-bond acceptors (Lipinski definition) is 4. The minimum atomic E-state index is -0.417. The summed E-state index contributed by atoms with van der Waals surface area (Å²) in [4.78, 5) is 11.9. The largest absolute Gasteiger partial charge is 0.467 e. The van der Waals surface area contributed by atoms with Crippen molar-refractivity contribution in [3.8, 4) is 6.07 Å². The number of benzene rings is 1. The smallest absolute Gasteiger partial charge is 0.263 e. The number of nitrogens with one attached hydrogen (secondary N) is 2. The van der Waals surface area contributed by atoms with Crippen molar-refractivity contribution >= 4 is 5.91 Å². The van der Waals surface area contributed by atoms with E-state index in [1.165, 1.54) is 18.0 Å². The van der Waals surface area contributed by atoms with Crippen molar-refractivity contribution in [3.05, 3.63) is 71.8 Å². The van der Waals surface area contributed by atoms with E-state index in [1.54, 1.807) is 12.1 Å². The Morgan fingerprint density at radius 3 is 2.74 bits per heavy atom. The van der Waals surface area contributed by atoms with Crippen LogP contribution in [0.1, 0.15) is 17.7 Å². The lowest BCUT2D eigenvalue weighted by Crippen LogP contribution is -2.25. The second-order valence-electron chi connectivity index (χ2n) is 4.98. The lowest BCUT2D eigenvalue weighted by Gasteiger charge is -2.04. The molecule has 5 nitrogen and oxygen atoms in total. The first-order valence-electron chi connectivity index (χ1n) is 7.48. The number of nitrogens with zero attached hydrogens (tertiary/aromatic N) is 1. The lowest BCUT2D eigenvalue weighted by atomic mass is 10.1. The maximum absolute atomic E-state index is 11.9. The summed E-state index contributed by atoms with van der Waals surface area (Å²) in [6, 6.07) is 15.6. The topological polar surface area (TPSA) is 78.1 Å². The van der Waals surface area contributed by atoms with E-state index in [9.17, 15) is 4.79 Å². The first kappa shape index (κ1) is 16.4. The predicted octanol–water partition coefficient (Wildman–Crippen LogP) is 2.53. The van der Waals surface area contributed by atoms with Crippen molar-refractivity contribution < 1.29 is 9.21 Å². The van der Waals surface area contributed by atoms with Gasteiger partial charge in [0, 0.05) is 12.7 Å². The van der Waals surface area contributed by atoms with Crippen molar-refractivity contribution in [2.24, 2.45) is 0 Å². The highest BCUT2D eigenvalue weighted by Crippen LogP contribution is 2.02. The van der Waals surface area contributed by atoms with Crippen LogP contribution in [0.4, 0.5) is 0 Å². The molecule has 1 aromatic heterocycles. The zero-order chi connectivity index (χ0) is 16.3. The number of furan rings is 1. The van der Waals surface area contributed by atoms with Crippen LogP contribution in [0.2, 0.25) is 0 Å². The molecule has 1 amide bonds. The normalized spacial score (nSPS) is 10.8. The summed E-state index contributed by atoms with van der Waals surface area (Å²) in [6.07, 6.45) is 4.88. The molecule has 0 aliphatic heterocycles. The molecule has 0 saturated heterocycles. The molecule has 0 spiro atoms. The molecular weight excluding hydrogens is 290 g/mol. The van der Waals surface area contributed by atoms with Gasteiger partial charge >= 0.3 is 0 Å². The fourth-order valence-corrected chi connectivity index (χ4v) is 2.04. The molecule has 2 N–H and O–H groups in total. The van der Waals surface area contributed by atoms with Gasteiger partial charge in [0.2, 0.25) is 0 Å². The molecule has 2 aromatic rings. The summed E-state index contributed by atoms with van der Waals surface area (Å²) in [5.74, 6) is 0.228. The first-order valence-corrected chi connectivity index (χ1v) is 7.48. The fraction of sp³-hybridized carbons (Fsp3) is 0.222. The average Bonchev–Trinajstić information content (AvgIpc) is 3.10. The molecule has 118 valence electrons. The van der Waals surface area contributed by atoms with E-state index < -0.39 is 5.91 Å². The summed E-state index contributed by atoms with van der Waals surface area (Å²) in [5, 5.41) is 14.7. The number of rotatable bonds is 8. The third-order valence-corrected chi connectivity index (χ3v) is 3.24. The second kappa shape index (κ2) is 9.11. The van der Waals surface area contributed by atoms with E-state index in [0.717, 1.165) is 12.8 Å². The minimum absolute atomic E-state index is 0.0521. The number of hydrogen-bond donors (Lipinski definition) is 2. The second-order valence-corrected chi connectivity index (χ2v) is 4.98. The minimum Gasteiger partial charge on any atom is -0.467 e. The van der Waals surface area contributed by atoms with E-state index in [-0.39, 0.29) is 12.1 Å². The Hall–Kier alpha value is -3.00. The number of carbonyl (C=O) groups excluding carboxylic acids is 1. The van der Waals surface area contributed by atoms with Crippen LogP contribution in [0.3, 0.4) is 0 Å². The van der Waals surface area contributed by atoms with Crippen molar-refractivity contribution in [2.75, 3.05) is 6.54 Å². The van der Waals surface area contributed by atoms with Crippen LogP contribution in [0, 0.1) is 11.3 Å². The highest BCUT2D eigenvalue weighted by atomic mass is 16.3. The van der Waals surface area contributed by atoms with Gasteiger partial charge in [0.25, 0.3) is 5.91 Å². The van der Waals surface area contributed by atoms with Gasteiger partial charge in [-0.25, -0.2) is 0 Å². The van der Waals surface area contributed by atoms with Gasteiger partial charge in [-0.3, -0.25) is 4.79 Å². The number of nitriles is 1. The molecule has 0 aliphatic carbocycles. The van der Waals surface area contributed by atoms with Gasteiger partial charge < -0.3 is 15.1 Å². The summed E-state index contributed by atoms with van der Waals surface area (Å²) in [7, 11) is 0. The maximum atomic E-state index is 11.9. The van der Waals surface area contributed by atoms with Gasteiger partial charge in [0.1, 0.15) is 17.4 Å². The molecule has 0 fully saturated rings. The molecular formula is C18H19N3O2. The maximum Gasteiger partial charge on any atom is 0.263 e. The van der Waals surface area contributed by atoms with Crippen LogP contribution in [-0.4, -0.2) is 12.5 Å². The quantitative estimate of drug-likeness (QED) is 0.446. The molecule has 1 heterocycles. The lowest BCUT2D eigenvalue weighted by molar-refractivity contribution is -0.117. The van der Waals surface area contributed by atoms with Gasteiger partial charge in [0.05, 0.1) is 12.8 Å². The van der Waals surface area contributed by atoms with Crippen molar-refractivity contribution in [1.82, 2.24) is 10.6 Å². The Balaban J connectivity index is 1.71. The molecule has 5 heteroatoms. The van der Waals surface area contributed by atoms with Crippen LogP contribution < -0.4 is 10.6 Å². The molecule has 0 radical (unpaired) electrons. The summed E-state index contributed by atoms with van der Waals surface area (Å²) >= 11 is 0. The van der Waals surface area contributed by atoms with E-state index in [4.69, 9.17) is 9.68 Å². The molecule has 0 saturated carbocycles. The van der Waals surface area contributed by atoms with E-state index >= 15 is 0 Å². The van der Waals surface area contributed by atoms with Gasteiger partial charge in [-0.1, -0.05) is 30.3 Å². The highest BCUT2D eigenvalue weighted by Gasteiger charge is 2.08. The first-order chi connectivity index (χ1) is 11.3. The highest BCUT2D eigenvalue weighted by molar-refractivity contribution is 5.97. The zero-order valence-electron chi connectivity index (χ0n) is 12.8. The Kier molecular flexibility index (Phi) is 6.48. The van der Waals surface area contributed by atoms with Gasteiger partial charge in [-0.05, 0) is 30.5 Å². The van der Waals surface area contributed by atoms with Crippen molar-refractivity contribution in [2.45, 2.75) is 19.4 Å². The van der Waals surface area contributed by atoms with Crippen molar-refractivity contribution in [1.29, 1.82) is 5.26 Å². The molecule has 0 atom stereocenters. The van der Waals surface area contributed by atoms with Crippen LogP contribution in [0.25, 0.3) is 0 Å². The molecule has 2 rings (SSSR count). The van der Waals surface area contributed by atoms with Crippen LogP contribution in [-0.2, 0) is 17.8 Å². The summed E-state index contributed by atoms with van der Waals surface area (Å²) in [5.41, 5.74) is 1.33. The van der Waals surface area contributed by atoms with E-state index in [2.05, 4.69) is 22.8 Å². The van der Waals surface area contributed by atoms with Gasteiger partial charge in [-0.2, -0.15) is 5.26 Å². The predicted molar refractivity (Wildman–Crippen MR) is 87.0 cm³/mol. The number of amides is 1. The third kappa shape index (κ3) is 5.71. The molecule has 0 unspecified atom stereocenters. The SMILES string of the molecule is N#C/C(=C/NCCCc1ccccc1)C(=O)NCc1ccco1. The molecule has 0 aliphatic rings. The summed E-state index contributed by atoms with van der Waals surface area (Å²) < 4.78 is 5.12. The standard InChI is InChI=1S/C18H19N3O2/c19-12-16(18(22)21-14-17-9-5-11-23-17)13-20-10-4-8-15-6-2-1-3-7-15/h1-3,5-7,9,11,13,20H,4,8,10,14H2,(H,21,22)/b16-13-. The Labute approximate surface area is 135 Å². The monoisotopic (exact) mass is 309 g/mol. The van der Waals surface area contributed by atoms with Crippen LogP contribution >= 0.6 is 0 Å². The molecule has 23 heavy (non-hydrogen) atoms. The number of carbonyl (C=O) groups is 1. The average molecular weight is 309 g/mol. The van der Waals surface area contributed by atoms with E-state index in [1.807, 2.05) is 24.3 Å². The zero-order valence-corrected chi connectivity index (χ0v) is 12.8. The number of aryl methyl sites for hydroxylation is 1.